The molecule has 8 bridgehead atoms. The highest BCUT2D eigenvalue weighted by Crippen LogP contribution is 2.40. The number of H-pyrrole nitrogens is 1. The summed E-state index contributed by atoms with van der Waals surface area (Å²) >= 11 is 7.57. The molecule has 0 amide bonds. The highest BCUT2D eigenvalue weighted by Gasteiger charge is 2.24. The van der Waals surface area contributed by atoms with Gasteiger partial charge in [-0.1, -0.05) is 60.1 Å². The average Bonchev–Trinajstić information content (AvgIpc) is 3.74. The summed E-state index contributed by atoms with van der Waals surface area (Å²) in [4.78, 5) is 14.3. The van der Waals surface area contributed by atoms with Crippen LogP contribution in [0.4, 0.5) is 0 Å². The second-order valence-corrected chi connectivity index (χ2v) is 11.3. The monoisotopic (exact) mass is 568 g/mol. The summed E-state index contributed by atoms with van der Waals surface area (Å²) in [7, 11) is 0. The topological polar surface area (TPSA) is 46.5 Å². The lowest BCUT2D eigenvalue weighted by Gasteiger charge is -2.08. The SMILES string of the molecule is CCC1=C(CC)c2nc1cc1nc(cc3c(CC)c(CC)c(c(Cl)c4[nH]c(c2CC)c(CC)c4CC)n3CC)C=C1. The van der Waals surface area contributed by atoms with Crippen LogP contribution in [0.3, 0.4) is 0 Å². The molecule has 3 aromatic rings. The van der Waals surface area contributed by atoms with Crippen molar-refractivity contribution in [1.82, 2.24) is 19.5 Å². The molecule has 216 valence electrons. The minimum absolute atomic E-state index is 0.823. The summed E-state index contributed by atoms with van der Waals surface area (Å²) in [5, 5.41) is 0.823. The van der Waals surface area contributed by atoms with Gasteiger partial charge in [0.1, 0.15) is 0 Å². The lowest BCUT2D eigenvalue weighted by Crippen LogP contribution is -1.95. The lowest BCUT2D eigenvalue weighted by atomic mass is 9.95. The number of hydrogen-bond acceptors (Lipinski definition) is 2. The maximum Gasteiger partial charge on any atom is 0.0883 e. The third-order valence-electron chi connectivity index (χ3n) is 8.99. The lowest BCUT2D eigenvalue weighted by molar-refractivity contribution is 0.821. The van der Waals surface area contributed by atoms with E-state index in [1.165, 1.54) is 50.0 Å². The normalized spacial score (nSPS) is 13.1. The van der Waals surface area contributed by atoms with Crippen LogP contribution in [0.5, 0.6) is 0 Å². The number of aryl methyl sites for hydroxylation is 6. The Morgan fingerprint density at radius 2 is 1.22 bits per heavy atom. The van der Waals surface area contributed by atoms with E-state index in [2.05, 4.69) is 89.2 Å². The third-order valence-corrected chi connectivity index (χ3v) is 9.36. The van der Waals surface area contributed by atoms with E-state index in [-0.39, 0.29) is 0 Å². The summed E-state index contributed by atoms with van der Waals surface area (Å²) < 4.78 is 2.41. The Bertz CT molecular complexity index is 1730. The van der Waals surface area contributed by atoms with Crippen LogP contribution in [0.2, 0.25) is 5.02 Å². The largest absolute Gasteiger partial charge is 0.353 e. The molecule has 0 unspecified atom stereocenters. The Hall–Kier alpha value is -3.11. The number of aromatic amines is 1. The van der Waals surface area contributed by atoms with Gasteiger partial charge in [-0.3, -0.25) is 0 Å². The quantitative estimate of drug-likeness (QED) is 0.230. The fourth-order valence-corrected chi connectivity index (χ4v) is 7.56. The van der Waals surface area contributed by atoms with Crippen molar-refractivity contribution in [2.45, 2.75) is 107 Å². The van der Waals surface area contributed by atoms with Gasteiger partial charge in [-0.2, -0.15) is 0 Å². The van der Waals surface area contributed by atoms with Gasteiger partial charge in [-0.15, -0.1) is 0 Å². The summed E-state index contributed by atoms with van der Waals surface area (Å²) in [6.07, 6.45) is 10.8. The molecule has 0 aromatic carbocycles. The van der Waals surface area contributed by atoms with E-state index in [4.69, 9.17) is 21.6 Å². The first-order valence-corrected chi connectivity index (χ1v) is 16.2. The Labute approximate surface area is 250 Å². The molecule has 3 aromatic heterocycles. The number of nitrogens with one attached hydrogen (secondary N) is 1. The van der Waals surface area contributed by atoms with Crippen LogP contribution in [0, 0.1) is 0 Å². The van der Waals surface area contributed by atoms with E-state index in [0.717, 1.165) is 90.3 Å². The predicted octanol–water partition coefficient (Wildman–Crippen LogP) is 10.2. The number of hydrogen-bond donors (Lipinski definition) is 1. The van der Waals surface area contributed by atoms with Crippen LogP contribution in [0.1, 0.15) is 119 Å². The number of allylic oxidation sites excluding steroid dienone is 2. The summed E-state index contributed by atoms with van der Waals surface area (Å²) in [6, 6.07) is 4.44. The van der Waals surface area contributed by atoms with Gasteiger partial charge < -0.3 is 9.55 Å². The van der Waals surface area contributed by atoms with Gasteiger partial charge in [0, 0.05) is 23.1 Å². The van der Waals surface area contributed by atoms with Gasteiger partial charge in [-0.25, -0.2) is 9.97 Å². The van der Waals surface area contributed by atoms with E-state index in [1.54, 1.807) is 0 Å². The molecule has 0 saturated carbocycles. The highest BCUT2D eigenvalue weighted by molar-refractivity contribution is 6.37. The average molecular weight is 569 g/mol. The predicted molar refractivity (Wildman–Crippen MR) is 179 cm³/mol. The van der Waals surface area contributed by atoms with Gasteiger partial charge in [0.15, 0.2) is 0 Å². The Kier molecular flexibility index (Phi) is 8.61. The third kappa shape index (κ3) is 4.69. The summed E-state index contributed by atoms with van der Waals surface area (Å²) in [5.41, 5.74) is 18.1. The van der Waals surface area contributed by atoms with Gasteiger partial charge in [0.25, 0.3) is 0 Å². The molecule has 4 nitrogen and oxygen atoms in total. The van der Waals surface area contributed by atoms with Crippen LogP contribution < -0.4 is 0 Å². The molecule has 0 saturated heterocycles. The van der Waals surface area contributed by atoms with E-state index in [9.17, 15) is 0 Å². The molecule has 2 aliphatic rings. The number of rotatable bonds is 8. The molecular formula is C36H45ClN4. The molecule has 0 fully saturated rings. The number of aromatic nitrogens is 4. The fourth-order valence-electron chi connectivity index (χ4n) is 7.18. The minimum atomic E-state index is 0.823. The van der Waals surface area contributed by atoms with Gasteiger partial charge in [-0.05, 0) is 110 Å². The zero-order valence-corrected chi connectivity index (χ0v) is 26.9. The van der Waals surface area contributed by atoms with Crippen LogP contribution in [0.25, 0.3) is 45.4 Å². The fraction of sp³-hybridized carbons (Fsp3) is 0.444. The van der Waals surface area contributed by atoms with E-state index < -0.39 is 0 Å². The minimum Gasteiger partial charge on any atom is -0.353 e. The molecule has 0 atom stereocenters. The van der Waals surface area contributed by atoms with Crippen molar-refractivity contribution in [3.8, 4) is 0 Å². The molecule has 5 rings (SSSR count). The highest BCUT2D eigenvalue weighted by atomic mass is 35.5. The molecule has 41 heavy (non-hydrogen) atoms. The van der Waals surface area contributed by atoms with E-state index in [1.807, 2.05) is 0 Å². The molecule has 0 aliphatic carbocycles. The molecule has 2 aliphatic heterocycles. The zero-order chi connectivity index (χ0) is 29.4. The van der Waals surface area contributed by atoms with Gasteiger partial charge in [0.05, 0.1) is 38.8 Å². The van der Waals surface area contributed by atoms with Crippen molar-refractivity contribution in [3.63, 3.8) is 0 Å². The first-order chi connectivity index (χ1) is 19.9. The van der Waals surface area contributed by atoms with Crippen LogP contribution >= 0.6 is 11.6 Å². The summed E-state index contributed by atoms with van der Waals surface area (Å²) in [5.74, 6) is 0. The van der Waals surface area contributed by atoms with Crippen LogP contribution in [-0.2, 0) is 38.6 Å². The second-order valence-electron chi connectivity index (χ2n) is 10.9. The smallest absolute Gasteiger partial charge is 0.0883 e. The second kappa shape index (κ2) is 12.0. The first kappa shape index (κ1) is 29.4. The van der Waals surface area contributed by atoms with Crippen molar-refractivity contribution in [1.29, 1.82) is 0 Å². The Balaban J connectivity index is 2.14. The molecule has 0 spiro atoms. The first-order valence-electron chi connectivity index (χ1n) is 15.8. The molecule has 1 N–H and O–H groups in total. The Morgan fingerprint density at radius 3 is 1.78 bits per heavy atom. The van der Waals surface area contributed by atoms with Crippen molar-refractivity contribution < 1.29 is 0 Å². The van der Waals surface area contributed by atoms with Crippen molar-refractivity contribution in [2.75, 3.05) is 0 Å². The standard InChI is InChI=1S/C36H45ClN4/c1-9-23-25(11-3)33-29(15-7)34-26(12-4)27(13-5)35(40-34)32(37)36-28(14-6)24(10-2)31(41(36)16-8)20-22-18-17-21(38-22)19-30(23)39-33/h17-20,40H,9-16H2,1-8H3. The van der Waals surface area contributed by atoms with Crippen molar-refractivity contribution in [2.24, 2.45) is 0 Å². The number of nitrogens with zero attached hydrogens (tertiary/aromatic N) is 3. The van der Waals surface area contributed by atoms with Crippen LogP contribution in [-0.4, -0.2) is 19.5 Å². The van der Waals surface area contributed by atoms with E-state index >= 15 is 0 Å². The van der Waals surface area contributed by atoms with Gasteiger partial charge in [0.2, 0.25) is 0 Å². The molecule has 5 heterocycles. The maximum atomic E-state index is 7.57. The van der Waals surface area contributed by atoms with Crippen molar-refractivity contribution in [3.05, 3.63) is 67.7 Å². The Morgan fingerprint density at radius 1 is 0.634 bits per heavy atom. The zero-order valence-electron chi connectivity index (χ0n) is 26.2. The molecule has 5 heteroatoms. The molecular weight excluding hydrogens is 524 g/mol. The van der Waals surface area contributed by atoms with Crippen LogP contribution in [0.15, 0.2) is 12.1 Å². The molecule has 0 radical (unpaired) electrons. The van der Waals surface area contributed by atoms with Crippen molar-refractivity contribution >= 4 is 57.0 Å². The maximum absolute atomic E-state index is 7.57. The summed E-state index contributed by atoms with van der Waals surface area (Å²) in [6.45, 7) is 18.8. The van der Waals surface area contributed by atoms with Gasteiger partial charge >= 0.3 is 0 Å². The number of halogens is 1. The van der Waals surface area contributed by atoms with E-state index in [0.29, 0.717) is 0 Å². The number of fused-ring (bicyclic) bond motifs is 8.